The molecule has 1 aromatic rings. The van der Waals surface area contributed by atoms with Gasteiger partial charge in [0.1, 0.15) is 12.9 Å². The highest BCUT2D eigenvalue weighted by Crippen LogP contribution is 2.13. The van der Waals surface area contributed by atoms with Crippen molar-refractivity contribution in [3.05, 3.63) is 29.8 Å². The van der Waals surface area contributed by atoms with Crippen molar-refractivity contribution in [3.63, 3.8) is 0 Å². The Labute approximate surface area is 82.2 Å². The molecule has 1 aromatic carbocycles. The Morgan fingerprint density at radius 3 is 2.71 bits per heavy atom. The summed E-state index contributed by atoms with van der Waals surface area (Å²) in [6, 6.07) is 7.96. The minimum atomic E-state index is -0.0897. The van der Waals surface area contributed by atoms with Crippen LogP contribution in [0.25, 0.3) is 0 Å². The second-order valence-electron chi connectivity index (χ2n) is 3.24. The Bertz CT molecular complexity index is 369. The molecule has 4 heteroatoms. The molecule has 0 aromatic heterocycles. The van der Waals surface area contributed by atoms with Crippen LogP contribution in [0.3, 0.4) is 0 Å². The van der Waals surface area contributed by atoms with Crippen LogP contribution < -0.4 is 10.3 Å². The molecule has 72 valence electrons. The van der Waals surface area contributed by atoms with E-state index in [9.17, 15) is 4.79 Å². The highest BCUT2D eigenvalue weighted by Gasteiger charge is 2.12. The number of carbonyl (C=O) groups is 1. The summed E-state index contributed by atoms with van der Waals surface area (Å²) in [6.45, 7) is 2.35. The number of nitrogens with zero attached hydrogens (tertiary/aromatic N) is 2. The number of carbonyl (C=O) groups excluding carboxylic acids is 1. The summed E-state index contributed by atoms with van der Waals surface area (Å²) >= 11 is 0. The van der Waals surface area contributed by atoms with E-state index in [1.54, 1.807) is 11.2 Å². The Morgan fingerprint density at radius 1 is 1.36 bits per heavy atom. The lowest BCUT2D eigenvalue weighted by Crippen LogP contribution is -2.39. The van der Waals surface area contributed by atoms with Crippen LogP contribution in [-0.2, 0) is 4.79 Å². The first-order valence-electron chi connectivity index (χ1n) is 4.41. The minimum Gasteiger partial charge on any atom is -0.321 e. The molecule has 0 aliphatic carbocycles. The summed E-state index contributed by atoms with van der Waals surface area (Å²) in [6.07, 6.45) is 1.62. The van der Waals surface area contributed by atoms with Crippen LogP contribution >= 0.6 is 0 Å². The van der Waals surface area contributed by atoms with E-state index in [0.717, 1.165) is 5.69 Å². The van der Waals surface area contributed by atoms with Crippen molar-refractivity contribution < 1.29 is 4.79 Å². The second-order valence-corrected chi connectivity index (χ2v) is 3.24. The van der Waals surface area contributed by atoms with E-state index >= 15 is 0 Å². The third-order valence-corrected chi connectivity index (χ3v) is 2.07. The monoisotopic (exact) mass is 189 g/mol. The number of hydrogen-bond acceptors (Lipinski definition) is 3. The number of amides is 1. The van der Waals surface area contributed by atoms with Gasteiger partial charge in [-0.1, -0.05) is 17.7 Å². The number of nitrogens with one attached hydrogen (secondary N) is 1. The fourth-order valence-electron chi connectivity index (χ4n) is 1.30. The van der Waals surface area contributed by atoms with Gasteiger partial charge in [0.2, 0.25) is 0 Å². The van der Waals surface area contributed by atoms with Gasteiger partial charge in [0.25, 0.3) is 5.91 Å². The Morgan fingerprint density at radius 2 is 2.07 bits per heavy atom. The smallest absolute Gasteiger partial charge is 0.260 e. The molecule has 1 aliphatic rings. The molecule has 4 nitrogen and oxygen atoms in total. The molecule has 0 saturated heterocycles. The lowest BCUT2D eigenvalue weighted by atomic mass is 10.2. The maximum absolute atomic E-state index is 11.0. The van der Waals surface area contributed by atoms with E-state index in [2.05, 4.69) is 10.5 Å². The van der Waals surface area contributed by atoms with Crippen LogP contribution in [0.1, 0.15) is 5.56 Å². The number of hydrogen-bond donors (Lipinski definition) is 1. The van der Waals surface area contributed by atoms with Gasteiger partial charge in [0.15, 0.2) is 0 Å². The summed E-state index contributed by atoms with van der Waals surface area (Å²) in [7, 11) is 0. The van der Waals surface area contributed by atoms with Gasteiger partial charge in [0.05, 0.1) is 0 Å². The van der Waals surface area contributed by atoms with Gasteiger partial charge in [-0.25, -0.2) is 5.43 Å². The molecule has 1 aliphatic heterocycles. The van der Waals surface area contributed by atoms with Crippen molar-refractivity contribution in [2.75, 3.05) is 11.4 Å². The van der Waals surface area contributed by atoms with Gasteiger partial charge in [-0.15, -0.1) is 0 Å². The van der Waals surface area contributed by atoms with Crippen molar-refractivity contribution in [2.24, 2.45) is 5.10 Å². The van der Waals surface area contributed by atoms with E-state index in [-0.39, 0.29) is 5.91 Å². The van der Waals surface area contributed by atoms with Crippen LogP contribution in [0, 0.1) is 6.92 Å². The zero-order valence-electron chi connectivity index (χ0n) is 7.90. The quantitative estimate of drug-likeness (QED) is 0.712. The maximum Gasteiger partial charge on any atom is 0.260 e. The van der Waals surface area contributed by atoms with Gasteiger partial charge in [0, 0.05) is 5.69 Å². The second kappa shape index (κ2) is 3.49. The molecule has 1 N–H and O–H groups in total. The standard InChI is InChI=1S/C10H11N3O/c1-8-2-4-9(5-3-8)13-6-10(14)12-11-7-13/h2-5,7H,6H2,1H3,(H,12,14). The average Bonchev–Trinajstić information content (AvgIpc) is 2.19. The minimum absolute atomic E-state index is 0.0897. The van der Waals surface area contributed by atoms with Crippen LogP contribution in [0.4, 0.5) is 5.69 Å². The zero-order chi connectivity index (χ0) is 9.97. The third-order valence-electron chi connectivity index (χ3n) is 2.07. The van der Waals surface area contributed by atoms with Crippen LogP contribution in [0.5, 0.6) is 0 Å². The van der Waals surface area contributed by atoms with Gasteiger partial charge in [-0.3, -0.25) is 4.79 Å². The zero-order valence-corrected chi connectivity index (χ0v) is 7.90. The summed E-state index contributed by atoms with van der Waals surface area (Å²) in [5, 5.41) is 3.74. The fourth-order valence-corrected chi connectivity index (χ4v) is 1.30. The molecule has 0 atom stereocenters. The largest absolute Gasteiger partial charge is 0.321 e. The molecule has 0 radical (unpaired) electrons. The lowest BCUT2D eigenvalue weighted by Gasteiger charge is -2.21. The molecule has 0 saturated carbocycles. The first kappa shape index (κ1) is 8.74. The molecule has 1 amide bonds. The van der Waals surface area contributed by atoms with Crippen LogP contribution in [0.2, 0.25) is 0 Å². The van der Waals surface area contributed by atoms with Gasteiger partial charge < -0.3 is 4.90 Å². The summed E-state index contributed by atoms with van der Waals surface area (Å²) in [4.78, 5) is 12.9. The predicted molar refractivity (Wildman–Crippen MR) is 55.2 cm³/mol. The van der Waals surface area contributed by atoms with E-state index < -0.39 is 0 Å². The molecule has 2 rings (SSSR count). The van der Waals surface area contributed by atoms with Crippen molar-refractivity contribution in [1.82, 2.24) is 5.43 Å². The number of benzene rings is 1. The van der Waals surface area contributed by atoms with Crippen molar-refractivity contribution in [3.8, 4) is 0 Å². The molecular weight excluding hydrogens is 178 g/mol. The van der Waals surface area contributed by atoms with Crippen molar-refractivity contribution >= 4 is 17.9 Å². The molecule has 0 unspecified atom stereocenters. The first-order chi connectivity index (χ1) is 6.75. The summed E-state index contributed by atoms with van der Waals surface area (Å²) in [5.74, 6) is -0.0897. The van der Waals surface area contributed by atoms with Crippen LogP contribution in [0.15, 0.2) is 29.4 Å². The molecule has 1 heterocycles. The highest BCUT2D eigenvalue weighted by molar-refractivity contribution is 5.93. The first-order valence-corrected chi connectivity index (χ1v) is 4.41. The van der Waals surface area contributed by atoms with E-state index in [1.165, 1.54) is 5.56 Å². The molecular formula is C10H11N3O. The predicted octanol–water partition coefficient (Wildman–Crippen LogP) is 0.875. The molecule has 14 heavy (non-hydrogen) atoms. The lowest BCUT2D eigenvalue weighted by molar-refractivity contribution is -0.119. The number of rotatable bonds is 1. The molecule has 0 spiro atoms. The number of anilines is 1. The van der Waals surface area contributed by atoms with Gasteiger partial charge >= 0.3 is 0 Å². The Balaban J connectivity index is 2.22. The van der Waals surface area contributed by atoms with Gasteiger partial charge in [-0.05, 0) is 19.1 Å². The summed E-state index contributed by atoms with van der Waals surface area (Å²) in [5.41, 5.74) is 4.56. The third kappa shape index (κ3) is 1.74. The average molecular weight is 189 g/mol. The molecule has 0 bridgehead atoms. The normalized spacial score (nSPS) is 15.5. The van der Waals surface area contributed by atoms with Crippen LogP contribution in [-0.4, -0.2) is 18.8 Å². The van der Waals surface area contributed by atoms with E-state index in [0.29, 0.717) is 6.54 Å². The van der Waals surface area contributed by atoms with Gasteiger partial charge in [-0.2, -0.15) is 5.10 Å². The maximum atomic E-state index is 11.0. The topological polar surface area (TPSA) is 44.7 Å². The van der Waals surface area contributed by atoms with Crippen molar-refractivity contribution in [1.29, 1.82) is 0 Å². The SMILES string of the molecule is Cc1ccc(N2C=NNC(=O)C2)cc1. The fraction of sp³-hybridized carbons (Fsp3) is 0.200. The van der Waals surface area contributed by atoms with Crippen molar-refractivity contribution in [2.45, 2.75) is 6.92 Å². The molecule has 0 fully saturated rings. The van der Waals surface area contributed by atoms with E-state index in [4.69, 9.17) is 0 Å². The Kier molecular flexibility index (Phi) is 2.18. The van der Waals surface area contributed by atoms with E-state index in [1.807, 2.05) is 31.2 Å². The highest BCUT2D eigenvalue weighted by atomic mass is 16.2. The summed E-state index contributed by atoms with van der Waals surface area (Å²) < 4.78 is 0. The number of aryl methyl sites for hydroxylation is 1. The number of hydrazone groups is 1. The Hall–Kier alpha value is -1.84.